The van der Waals surface area contributed by atoms with Crippen molar-refractivity contribution in [2.45, 2.75) is 6.42 Å². The molecule has 0 amide bonds. The number of hydrogen-bond acceptors (Lipinski definition) is 6. The van der Waals surface area contributed by atoms with Gasteiger partial charge in [-0.25, -0.2) is 10.8 Å². The summed E-state index contributed by atoms with van der Waals surface area (Å²) in [6, 6.07) is 5.59. The number of pyridine rings is 1. The fraction of sp³-hybridized carbons (Fsp3) is 0.545. The largest absolute Gasteiger partial charge is 0.382 e. The number of ether oxygens (including phenoxy) is 2. The van der Waals surface area contributed by atoms with Crippen LogP contribution in [0.5, 0.6) is 0 Å². The molecule has 4 N–H and O–H groups in total. The Labute approximate surface area is 101 Å². The number of rotatable bonds is 9. The van der Waals surface area contributed by atoms with Gasteiger partial charge in [-0.3, -0.25) is 0 Å². The number of nitrogens with one attached hydrogen (secondary N) is 2. The fourth-order valence-electron chi connectivity index (χ4n) is 1.25. The number of methoxy groups -OCH3 is 1. The summed E-state index contributed by atoms with van der Waals surface area (Å²) in [7, 11) is 1.66. The molecule has 96 valence electrons. The maximum atomic E-state index is 5.34. The summed E-state index contributed by atoms with van der Waals surface area (Å²) in [6.07, 6.45) is 0.922. The maximum absolute atomic E-state index is 5.34. The van der Waals surface area contributed by atoms with E-state index in [1.165, 1.54) is 0 Å². The lowest BCUT2D eigenvalue weighted by Crippen LogP contribution is -2.11. The second-order valence-corrected chi connectivity index (χ2v) is 3.44. The van der Waals surface area contributed by atoms with Crippen LogP contribution in [0.1, 0.15) is 6.42 Å². The lowest BCUT2D eigenvalue weighted by atomic mass is 10.4. The summed E-state index contributed by atoms with van der Waals surface area (Å²) in [6.45, 7) is 2.81. The zero-order valence-electron chi connectivity index (χ0n) is 10.1. The first-order valence-corrected chi connectivity index (χ1v) is 5.61. The Balaban J connectivity index is 2.09. The SMILES string of the molecule is COCCOCCCNc1cccc(NN)n1. The summed E-state index contributed by atoms with van der Waals surface area (Å²) in [5.74, 6) is 6.72. The van der Waals surface area contributed by atoms with Gasteiger partial charge in [-0.2, -0.15) is 0 Å². The molecule has 0 aliphatic heterocycles. The van der Waals surface area contributed by atoms with Gasteiger partial charge in [0.15, 0.2) is 0 Å². The zero-order chi connectivity index (χ0) is 12.3. The summed E-state index contributed by atoms with van der Waals surface area (Å²) >= 11 is 0. The maximum Gasteiger partial charge on any atom is 0.142 e. The fourth-order valence-corrected chi connectivity index (χ4v) is 1.25. The van der Waals surface area contributed by atoms with E-state index in [2.05, 4.69) is 15.7 Å². The Morgan fingerprint density at radius 3 is 2.82 bits per heavy atom. The van der Waals surface area contributed by atoms with Crippen molar-refractivity contribution in [2.75, 3.05) is 44.2 Å². The minimum Gasteiger partial charge on any atom is -0.382 e. The van der Waals surface area contributed by atoms with Gasteiger partial charge in [0.2, 0.25) is 0 Å². The summed E-state index contributed by atoms with van der Waals surface area (Å²) in [4.78, 5) is 4.23. The Kier molecular flexibility index (Phi) is 7.04. The molecule has 0 aliphatic rings. The van der Waals surface area contributed by atoms with E-state index in [0.717, 1.165) is 18.8 Å². The van der Waals surface area contributed by atoms with E-state index in [0.29, 0.717) is 25.6 Å². The molecule has 0 aromatic carbocycles. The monoisotopic (exact) mass is 240 g/mol. The van der Waals surface area contributed by atoms with Crippen molar-refractivity contribution < 1.29 is 9.47 Å². The normalized spacial score (nSPS) is 10.2. The van der Waals surface area contributed by atoms with Crippen LogP contribution in [-0.4, -0.2) is 38.5 Å². The molecule has 0 bridgehead atoms. The molecule has 0 fully saturated rings. The Morgan fingerprint density at radius 1 is 1.24 bits per heavy atom. The van der Waals surface area contributed by atoms with E-state index in [9.17, 15) is 0 Å². The summed E-state index contributed by atoms with van der Waals surface area (Å²) in [5, 5.41) is 3.19. The smallest absolute Gasteiger partial charge is 0.142 e. The first kappa shape index (κ1) is 13.7. The molecule has 6 nitrogen and oxygen atoms in total. The van der Waals surface area contributed by atoms with E-state index in [-0.39, 0.29) is 0 Å². The second-order valence-electron chi connectivity index (χ2n) is 3.44. The van der Waals surface area contributed by atoms with Crippen LogP contribution in [0.25, 0.3) is 0 Å². The number of nitrogen functional groups attached to an aromatic ring is 1. The zero-order valence-corrected chi connectivity index (χ0v) is 10.1. The number of hydrazine groups is 1. The van der Waals surface area contributed by atoms with E-state index in [4.69, 9.17) is 15.3 Å². The van der Waals surface area contributed by atoms with Gasteiger partial charge in [0, 0.05) is 20.3 Å². The first-order valence-electron chi connectivity index (χ1n) is 5.61. The van der Waals surface area contributed by atoms with Gasteiger partial charge in [0.1, 0.15) is 11.6 Å². The molecule has 0 unspecified atom stereocenters. The number of hydrogen-bond donors (Lipinski definition) is 3. The van der Waals surface area contributed by atoms with Crippen LogP contribution in [-0.2, 0) is 9.47 Å². The van der Waals surface area contributed by atoms with Crippen molar-refractivity contribution in [3.8, 4) is 0 Å². The number of nitrogens with zero attached hydrogens (tertiary/aromatic N) is 1. The number of nitrogens with two attached hydrogens (primary N) is 1. The van der Waals surface area contributed by atoms with Crippen LogP contribution in [0.3, 0.4) is 0 Å². The van der Waals surface area contributed by atoms with Gasteiger partial charge in [-0.1, -0.05) is 6.07 Å². The standard InChI is InChI=1S/C11H20N4O2/c1-16-8-9-17-7-3-6-13-10-4-2-5-11(14-10)15-12/h2,4-5H,3,6-9,12H2,1H3,(H2,13,14,15). The molecule has 1 heterocycles. The third-order valence-electron chi connectivity index (χ3n) is 2.10. The van der Waals surface area contributed by atoms with Crippen molar-refractivity contribution in [3.05, 3.63) is 18.2 Å². The van der Waals surface area contributed by atoms with Crippen LogP contribution in [0, 0.1) is 0 Å². The predicted octanol–water partition coefficient (Wildman–Crippen LogP) is 0.832. The van der Waals surface area contributed by atoms with Crippen LogP contribution in [0.15, 0.2) is 18.2 Å². The Bertz CT molecular complexity index is 309. The summed E-state index contributed by atoms with van der Waals surface area (Å²) in [5.41, 5.74) is 2.50. The molecule has 0 spiro atoms. The highest BCUT2D eigenvalue weighted by Crippen LogP contribution is 2.07. The highest BCUT2D eigenvalue weighted by atomic mass is 16.5. The Morgan fingerprint density at radius 2 is 2.06 bits per heavy atom. The highest BCUT2D eigenvalue weighted by molar-refractivity contribution is 5.44. The van der Waals surface area contributed by atoms with Crippen LogP contribution < -0.4 is 16.6 Å². The lowest BCUT2D eigenvalue weighted by molar-refractivity contribution is 0.0705. The molecule has 0 saturated carbocycles. The molecule has 0 atom stereocenters. The van der Waals surface area contributed by atoms with Crippen LogP contribution in [0.2, 0.25) is 0 Å². The number of anilines is 2. The molecule has 0 aliphatic carbocycles. The van der Waals surface area contributed by atoms with Gasteiger partial charge in [-0.15, -0.1) is 0 Å². The topological polar surface area (TPSA) is 81.4 Å². The predicted molar refractivity (Wildman–Crippen MR) is 67.8 cm³/mol. The third kappa shape index (κ3) is 6.06. The Hall–Kier alpha value is -1.37. The molecule has 6 heteroatoms. The first-order chi connectivity index (χ1) is 8.36. The molecule has 0 radical (unpaired) electrons. The van der Waals surface area contributed by atoms with Crippen molar-refractivity contribution in [3.63, 3.8) is 0 Å². The molecule has 17 heavy (non-hydrogen) atoms. The van der Waals surface area contributed by atoms with E-state index < -0.39 is 0 Å². The molecule has 1 rings (SSSR count). The lowest BCUT2D eigenvalue weighted by Gasteiger charge is -2.07. The van der Waals surface area contributed by atoms with E-state index in [1.807, 2.05) is 12.1 Å². The van der Waals surface area contributed by atoms with Crippen LogP contribution in [0.4, 0.5) is 11.6 Å². The third-order valence-corrected chi connectivity index (χ3v) is 2.10. The van der Waals surface area contributed by atoms with Gasteiger partial charge < -0.3 is 20.2 Å². The number of aromatic nitrogens is 1. The van der Waals surface area contributed by atoms with E-state index in [1.54, 1.807) is 13.2 Å². The molecular formula is C11H20N4O2. The minimum atomic E-state index is 0.638. The van der Waals surface area contributed by atoms with Crippen molar-refractivity contribution >= 4 is 11.6 Å². The van der Waals surface area contributed by atoms with Crippen molar-refractivity contribution in [1.82, 2.24) is 4.98 Å². The summed E-state index contributed by atoms with van der Waals surface area (Å²) < 4.78 is 10.2. The average Bonchev–Trinajstić information content (AvgIpc) is 2.38. The molecule has 1 aromatic rings. The molecular weight excluding hydrogens is 220 g/mol. The molecule has 0 saturated heterocycles. The molecule has 1 aromatic heterocycles. The van der Waals surface area contributed by atoms with Crippen LogP contribution >= 0.6 is 0 Å². The highest BCUT2D eigenvalue weighted by Gasteiger charge is 1.95. The van der Waals surface area contributed by atoms with Gasteiger partial charge >= 0.3 is 0 Å². The minimum absolute atomic E-state index is 0.638. The van der Waals surface area contributed by atoms with E-state index >= 15 is 0 Å². The van der Waals surface area contributed by atoms with Gasteiger partial charge in [0.25, 0.3) is 0 Å². The van der Waals surface area contributed by atoms with Gasteiger partial charge in [0.05, 0.1) is 13.2 Å². The van der Waals surface area contributed by atoms with Gasteiger partial charge in [-0.05, 0) is 18.6 Å². The second kappa shape index (κ2) is 8.74. The average molecular weight is 240 g/mol. The quantitative estimate of drug-likeness (QED) is 0.337. The van der Waals surface area contributed by atoms with Crippen molar-refractivity contribution in [2.24, 2.45) is 5.84 Å². The van der Waals surface area contributed by atoms with Crippen molar-refractivity contribution in [1.29, 1.82) is 0 Å².